The zero-order chi connectivity index (χ0) is 48.3. The molecule has 342 valence electrons. The fourth-order valence-corrected chi connectivity index (χ4v) is 13.0. The van der Waals surface area contributed by atoms with Crippen LogP contribution in [0.4, 0.5) is 43.4 Å². The monoisotopic (exact) mass is 927 g/mol. The molecule has 0 aliphatic heterocycles. The van der Waals surface area contributed by atoms with Gasteiger partial charge in [0.05, 0.1) is 16.5 Å². The Morgan fingerprint density at radius 3 is 1.23 bits per heavy atom. The third-order valence-electron chi connectivity index (χ3n) is 15.9. The van der Waals surface area contributed by atoms with Gasteiger partial charge in [0, 0.05) is 27.9 Å². The number of hydrogen-bond donors (Lipinski definition) is 0. The van der Waals surface area contributed by atoms with Gasteiger partial charge in [0.2, 0.25) is 0 Å². The first-order chi connectivity index (χ1) is 33.5. The maximum absolute atomic E-state index is 15.3. The molecule has 0 fully saturated rings. The van der Waals surface area contributed by atoms with Gasteiger partial charge in [0.15, 0.2) is 0 Å². The second kappa shape index (κ2) is 14.2. The number of nitrogens with zero attached hydrogens (tertiary/aromatic N) is 1. The molecule has 13 rings (SSSR count). The number of fused-ring (bicyclic) bond motifs is 16. The summed E-state index contributed by atoms with van der Waals surface area (Å²) in [4.78, 5) is 2.28. The number of rotatable bonds is 4. The van der Waals surface area contributed by atoms with Crippen molar-refractivity contribution in [3.63, 3.8) is 0 Å². The molecule has 0 atom stereocenters. The van der Waals surface area contributed by atoms with Gasteiger partial charge in [-0.05, 0) is 149 Å². The zero-order valence-electron chi connectivity index (χ0n) is 38.6. The molecule has 0 unspecified atom stereocenters. The summed E-state index contributed by atoms with van der Waals surface area (Å²) in [6, 6.07) is 59.6. The standard InChI is InChI=1S/C63H43F6N/c1-59(2)47-22-8-5-17-41(47)44-31-29-38(34-54(44)59)70(39-30-32-45-42-18-6-9-23-48(42)60(3,4)55(45)35-39)37-16-11-15-36(33-37)40-20-12-21-46-43-19-7-10-24-49(43)61(58(40)46)50-25-13-27-52(62(64,65)66)56(50)57-51(61)26-14-28-53(57)63(67,68)69/h5-35H,1-4H3. The second-order valence-electron chi connectivity index (χ2n) is 20.2. The van der Waals surface area contributed by atoms with Gasteiger partial charge in [-0.3, -0.25) is 0 Å². The van der Waals surface area contributed by atoms with E-state index in [4.69, 9.17) is 0 Å². The fourth-order valence-electron chi connectivity index (χ4n) is 13.0. The summed E-state index contributed by atoms with van der Waals surface area (Å²) in [6.45, 7) is 9.06. The van der Waals surface area contributed by atoms with E-state index in [1.54, 1.807) is 12.1 Å². The Labute approximate surface area is 402 Å². The third-order valence-corrected chi connectivity index (χ3v) is 15.9. The van der Waals surface area contributed by atoms with Gasteiger partial charge >= 0.3 is 12.4 Å². The van der Waals surface area contributed by atoms with Crippen molar-refractivity contribution in [3.05, 3.63) is 244 Å². The number of hydrogen-bond acceptors (Lipinski definition) is 1. The quantitative estimate of drug-likeness (QED) is 0.159. The predicted octanol–water partition coefficient (Wildman–Crippen LogP) is 17.8. The van der Waals surface area contributed by atoms with E-state index in [-0.39, 0.29) is 22.0 Å². The van der Waals surface area contributed by atoms with Crippen molar-refractivity contribution in [2.24, 2.45) is 0 Å². The Balaban J connectivity index is 1.06. The van der Waals surface area contributed by atoms with Crippen LogP contribution in [-0.4, -0.2) is 0 Å². The van der Waals surface area contributed by atoms with Crippen molar-refractivity contribution in [1.82, 2.24) is 0 Å². The van der Waals surface area contributed by atoms with Crippen LogP contribution in [-0.2, 0) is 28.6 Å². The smallest absolute Gasteiger partial charge is 0.310 e. The van der Waals surface area contributed by atoms with Gasteiger partial charge in [0.1, 0.15) is 0 Å². The van der Waals surface area contributed by atoms with E-state index in [2.05, 4.69) is 130 Å². The minimum atomic E-state index is -4.93. The summed E-state index contributed by atoms with van der Waals surface area (Å²) in [5, 5.41) is 0. The molecule has 7 heteroatoms. The van der Waals surface area contributed by atoms with E-state index in [1.165, 1.54) is 56.6 Å². The molecule has 0 radical (unpaired) electrons. The second-order valence-corrected chi connectivity index (χ2v) is 20.2. The molecule has 0 bridgehead atoms. The van der Waals surface area contributed by atoms with E-state index < -0.39 is 40.0 Å². The summed E-state index contributed by atoms with van der Waals surface area (Å²) < 4.78 is 91.6. The lowest BCUT2D eigenvalue weighted by atomic mass is 9.68. The zero-order valence-corrected chi connectivity index (χ0v) is 38.6. The Hall–Kier alpha value is -7.64. The van der Waals surface area contributed by atoms with E-state index >= 15 is 26.3 Å². The molecule has 0 heterocycles. The Morgan fingerprint density at radius 1 is 0.329 bits per heavy atom. The van der Waals surface area contributed by atoms with Crippen LogP contribution in [0.1, 0.15) is 83.3 Å². The van der Waals surface area contributed by atoms with Gasteiger partial charge in [0.25, 0.3) is 0 Å². The first kappa shape index (κ1) is 42.5. The van der Waals surface area contributed by atoms with Crippen LogP contribution in [0, 0.1) is 0 Å². The Kier molecular flexibility index (Phi) is 8.63. The first-order valence-electron chi connectivity index (χ1n) is 23.6. The van der Waals surface area contributed by atoms with E-state index in [0.717, 1.165) is 45.9 Å². The molecule has 0 saturated heterocycles. The van der Waals surface area contributed by atoms with Gasteiger partial charge in [-0.25, -0.2) is 0 Å². The van der Waals surface area contributed by atoms with Gasteiger partial charge in [-0.2, -0.15) is 26.3 Å². The van der Waals surface area contributed by atoms with Crippen LogP contribution in [0.15, 0.2) is 188 Å². The highest BCUT2D eigenvalue weighted by Crippen LogP contribution is 2.67. The highest BCUT2D eigenvalue weighted by atomic mass is 19.4. The number of benzene rings is 9. The highest BCUT2D eigenvalue weighted by Gasteiger charge is 2.57. The molecule has 0 N–H and O–H groups in total. The Morgan fingerprint density at radius 2 is 0.714 bits per heavy atom. The average Bonchev–Trinajstić information content (AvgIpc) is 3.99. The summed E-state index contributed by atoms with van der Waals surface area (Å²) in [5.41, 5.74) is 12.0. The molecule has 0 amide bonds. The van der Waals surface area contributed by atoms with Crippen LogP contribution >= 0.6 is 0 Å². The molecule has 0 saturated carbocycles. The third kappa shape index (κ3) is 5.57. The summed E-state index contributed by atoms with van der Waals surface area (Å²) >= 11 is 0. The summed E-state index contributed by atoms with van der Waals surface area (Å²) in [7, 11) is 0. The van der Waals surface area contributed by atoms with Crippen molar-refractivity contribution >= 4 is 17.1 Å². The molecule has 9 aromatic rings. The van der Waals surface area contributed by atoms with Crippen LogP contribution in [0.5, 0.6) is 0 Å². The maximum Gasteiger partial charge on any atom is 0.417 e. The number of alkyl halides is 6. The normalized spacial score (nSPS) is 15.6. The Bertz CT molecular complexity index is 3550. The van der Waals surface area contributed by atoms with Crippen molar-refractivity contribution in [2.75, 3.05) is 4.90 Å². The van der Waals surface area contributed by atoms with Crippen LogP contribution in [0.3, 0.4) is 0 Å². The molecule has 1 spiro atoms. The summed E-state index contributed by atoms with van der Waals surface area (Å²) in [5.74, 6) is 0. The minimum Gasteiger partial charge on any atom is -0.310 e. The van der Waals surface area contributed by atoms with E-state index in [9.17, 15) is 0 Å². The molecular weight excluding hydrogens is 885 g/mol. The van der Waals surface area contributed by atoms with Crippen LogP contribution in [0.2, 0.25) is 0 Å². The number of halogens is 6. The van der Waals surface area contributed by atoms with Crippen LogP contribution < -0.4 is 4.90 Å². The van der Waals surface area contributed by atoms with E-state index in [0.29, 0.717) is 16.7 Å². The van der Waals surface area contributed by atoms with Gasteiger partial charge < -0.3 is 4.90 Å². The van der Waals surface area contributed by atoms with Crippen molar-refractivity contribution in [3.8, 4) is 55.6 Å². The fraction of sp³-hybridized carbons (Fsp3) is 0.143. The molecule has 4 aliphatic carbocycles. The van der Waals surface area contributed by atoms with Crippen molar-refractivity contribution in [2.45, 2.75) is 56.3 Å². The molecule has 4 aliphatic rings. The molecular formula is C63H43F6N. The number of anilines is 3. The van der Waals surface area contributed by atoms with Gasteiger partial charge in [-0.15, -0.1) is 0 Å². The van der Waals surface area contributed by atoms with Gasteiger partial charge in [-0.1, -0.05) is 167 Å². The van der Waals surface area contributed by atoms with Crippen molar-refractivity contribution < 1.29 is 26.3 Å². The maximum atomic E-state index is 15.3. The molecule has 1 nitrogen and oxygen atoms in total. The van der Waals surface area contributed by atoms with Crippen LogP contribution in [0.25, 0.3) is 55.6 Å². The van der Waals surface area contributed by atoms with Crippen molar-refractivity contribution in [1.29, 1.82) is 0 Å². The summed E-state index contributed by atoms with van der Waals surface area (Å²) in [6.07, 6.45) is -9.87. The highest BCUT2D eigenvalue weighted by molar-refractivity contribution is 6.01. The predicted molar refractivity (Wildman–Crippen MR) is 268 cm³/mol. The lowest BCUT2D eigenvalue weighted by Gasteiger charge is -2.33. The lowest BCUT2D eigenvalue weighted by Crippen LogP contribution is -2.27. The molecule has 9 aromatic carbocycles. The molecule has 70 heavy (non-hydrogen) atoms. The largest absolute Gasteiger partial charge is 0.417 e. The van der Waals surface area contributed by atoms with E-state index in [1.807, 2.05) is 54.6 Å². The minimum absolute atomic E-state index is 0.175. The SMILES string of the molecule is CC1(C)c2ccccc2-c2ccc(N(c3cccc(-c4cccc5c4C4(c6ccccc6-5)c5cccc(C(F)(F)F)c5-c5c(C(F)(F)F)cccc54)c3)c3ccc4c(c3)C(C)(C)c3ccccc3-4)cc21. The first-order valence-corrected chi connectivity index (χ1v) is 23.6. The molecule has 0 aromatic heterocycles. The topological polar surface area (TPSA) is 3.24 Å². The lowest BCUT2D eigenvalue weighted by molar-refractivity contribution is -0.139. The average molecular weight is 928 g/mol.